The molecule has 1 atom stereocenters. The van der Waals surface area contributed by atoms with E-state index in [0.717, 1.165) is 11.3 Å². The highest BCUT2D eigenvalue weighted by Crippen LogP contribution is 2.10. The predicted octanol–water partition coefficient (Wildman–Crippen LogP) is 3.28. The molecule has 0 fully saturated rings. The molecule has 0 aliphatic rings. The second-order valence-electron chi connectivity index (χ2n) is 5.05. The van der Waals surface area contributed by atoms with E-state index in [0.29, 0.717) is 6.54 Å². The van der Waals surface area contributed by atoms with Crippen LogP contribution in [-0.2, 0) is 11.3 Å². The normalized spacial score (nSPS) is 11.8. The van der Waals surface area contributed by atoms with Crippen molar-refractivity contribution in [3.63, 3.8) is 0 Å². The molecule has 110 valence electrons. The zero-order chi connectivity index (χ0) is 15.2. The molecule has 0 unspecified atom stereocenters. The fraction of sp³-hybridized carbons (Fsp3) is 0.235. The maximum atomic E-state index is 12.9. The number of nitrogens with zero attached hydrogens (tertiary/aromatic N) is 1. The van der Waals surface area contributed by atoms with Gasteiger partial charge in [0, 0.05) is 19.3 Å². The van der Waals surface area contributed by atoms with Crippen molar-refractivity contribution in [1.82, 2.24) is 4.90 Å². The fourth-order valence-corrected chi connectivity index (χ4v) is 2.12. The van der Waals surface area contributed by atoms with Crippen LogP contribution in [0.3, 0.4) is 0 Å². The number of rotatable bonds is 5. The van der Waals surface area contributed by atoms with Crippen molar-refractivity contribution in [3.05, 3.63) is 66.0 Å². The van der Waals surface area contributed by atoms with E-state index >= 15 is 0 Å². The molecule has 0 heterocycles. The van der Waals surface area contributed by atoms with Gasteiger partial charge in [-0.05, 0) is 36.8 Å². The monoisotopic (exact) mass is 286 g/mol. The summed E-state index contributed by atoms with van der Waals surface area (Å²) in [5.74, 6) is -0.282. The summed E-state index contributed by atoms with van der Waals surface area (Å²) in [6, 6.07) is 15.5. The van der Waals surface area contributed by atoms with Gasteiger partial charge in [-0.2, -0.15) is 0 Å². The van der Waals surface area contributed by atoms with Crippen LogP contribution in [-0.4, -0.2) is 23.9 Å². The van der Waals surface area contributed by atoms with Crippen LogP contribution in [0.15, 0.2) is 54.6 Å². The smallest absolute Gasteiger partial charge is 0.244 e. The average molecular weight is 286 g/mol. The quantitative estimate of drug-likeness (QED) is 0.914. The van der Waals surface area contributed by atoms with Gasteiger partial charge in [-0.25, -0.2) is 4.39 Å². The molecule has 0 spiro atoms. The zero-order valence-electron chi connectivity index (χ0n) is 12.2. The molecule has 0 aliphatic heterocycles. The summed E-state index contributed by atoms with van der Waals surface area (Å²) in [6.45, 7) is 2.29. The van der Waals surface area contributed by atoms with Gasteiger partial charge in [-0.3, -0.25) is 4.79 Å². The Morgan fingerprint density at radius 1 is 1.14 bits per heavy atom. The summed E-state index contributed by atoms with van der Waals surface area (Å²) in [5.41, 5.74) is 1.81. The summed E-state index contributed by atoms with van der Waals surface area (Å²) in [5, 5.41) is 3.17. The predicted molar refractivity (Wildman–Crippen MR) is 82.4 cm³/mol. The molecule has 21 heavy (non-hydrogen) atoms. The van der Waals surface area contributed by atoms with Gasteiger partial charge in [-0.1, -0.05) is 30.3 Å². The summed E-state index contributed by atoms with van der Waals surface area (Å²) in [7, 11) is 1.74. The Morgan fingerprint density at radius 3 is 2.38 bits per heavy atom. The summed E-state index contributed by atoms with van der Waals surface area (Å²) in [6.07, 6.45) is 0. The van der Waals surface area contributed by atoms with Crippen molar-refractivity contribution in [2.75, 3.05) is 12.4 Å². The molecule has 2 aromatic carbocycles. The molecule has 0 saturated carbocycles. The van der Waals surface area contributed by atoms with Gasteiger partial charge in [0.2, 0.25) is 5.91 Å². The van der Waals surface area contributed by atoms with Crippen molar-refractivity contribution in [2.45, 2.75) is 19.5 Å². The maximum absolute atomic E-state index is 12.9. The number of carbonyl (C=O) groups is 1. The molecule has 0 aromatic heterocycles. The van der Waals surface area contributed by atoms with Crippen molar-refractivity contribution in [3.8, 4) is 0 Å². The molecule has 2 rings (SSSR count). The zero-order valence-corrected chi connectivity index (χ0v) is 12.2. The van der Waals surface area contributed by atoms with Crippen molar-refractivity contribution >= 4 is 11.6 Å². The lowest BCUT2D eigenvalue weighted by Gasteiger charge is -2.23. The molecule has 0 radical (unpaired) electrons. The highest BCUT2D eigenvalue weighted by atomic mass is 19.1. The first-order chi connectivity index (χ1) is 10.1. The van der Waals surface area contributed by atoms with Gasteiger partial charge in [-0.15, -0.1) is 0 Å². The van der Waals surface area contributed by atoms with E-state index in [4.69, 9.17) is 0 Å². The molecule has 1 N–H and O–H groups in total. The van der Waals surface area contributed by atoms with Gasteiger partial charge in [0.1, 0.15) is 11.9 Å². The Kier molecular flexibility index (Phi) is 4.93. The first-order valence-corrected chi connectivity index (χ1v) is 6.87. The highest BCUT2D eigenvalue weighted by molar-refractivity contribution is 5.84. The number of halogens is 1. The van der Waals surface area contributed by atoms with E-state index in [1.165, 1.54) is 12.1 Å². The van der Waals surface area contributed by atoms with Crippen molar-refractivity contribution < 1.29 is 9.18 Å². The van der Waals surface area contributed by atoms with Crippen molar-refractivity contribution in [2.24, 2.45) is 0 Å². The Bertz CT molecular complexity index is 583. The third-order valence-electron chi connectivity index (χ3n) is 3.24. The Hall–Kier alpha value is -2.36. The number of hydrogen-bond donors (Lipinski definition) is 1. The van der Waals surface area contributed by atoms with Crippen LogP contribution in [0, 0.1) is 5.82 Å². The van der Waals surface area contributed by atoms with E-state index in [1.807, 2.05) is 37.3 Å². The topological polar surface area (TPSA) is 32.3 Å². The van der Waals surface area contributed by atoms with Crippen LogP contribution in [0.4, 0.5) is 10.1 Å². The van der Waals surface area contributed by atoms with Crippen LogP contribution in [0.5, 0.6) is 0 Å². The fourth-order valence-electron chi connectivity index (χ4n) is 2.12. The van der Waals surface area contributed by atoms with Crippen LogP contribution in [0.1, 0.15) is 12.5 Å². The van der Waals surface area contributed by atoms with E-state index in [9.17, 15) is 9.18 Å². The molecule has 0 saturated heterocycles. The van der Waals surface area contributed by atoms with E-state index in [2.05, 4.69) is 5.32 Å². The number of benzene rings is 2. The summed E-state index contributed by atoms with van der Waals surface area (Å²) < 4.78 is 12.9. The third-order valence-corrected chi connectivity index (χ3v) is 3.24. The number of anilines is 1. The summed E-state index contributed by atoms with van der Waals surface area (Å²) >= 11 is 0. The number of likely N-dealkylation sites (N-methyl/N-ethyl adjacent to an activating group) is 1. The number of carbonyl (C=O) groups excluding carboxylic acids is 1. The van der Waals surface area contributed by atoms with Gasteiger partial charge >= 0.3 is 0 Å². The first kappa shape index (κ1) is 15.0. The summed E-state index contributed by atoms with van der Waals surface area (Å²) in [4.78, 5) is 13.9. The number of hydrogen-bond acceptors (Lipinski definition) is 2. The minimum Gasteiger partial charge on any atom is -0.374 e. The Morgan fingerprint density at radius 2 is 1.76 bits per heavy atom. The molecule has 0 bridgehead atoms. The van der Waals surface area contributed by atoms with Gasteiger partial charge < -0.3 is 10.2 Å². The molecule has 4 heteroatoms. The molecule has 2 aromatic rings. The molecule has 3 nitrogen and oxygen atoms in total. The molecule has 1 amide bonds. The van der Waals surface area contributed by atoms with E-state index < -0.39 is 0 Å². The number of nitrogens with one attached hydrogen (secondary N) is 1. The highest BCUT2D eigenvalue weighted by Gasteiger charge is 2.17. The molecule has 0 aliphatic carbocycles. The number of para-hydroxylation sites is 1. The average Bonchev–Trinajstić information content (AvgIpc) is 2.49. The lowest BCUT2D eigenvalue weighted by atomic mass is 10.2. The molecular formula is C17H19FN2O. The van der Waals surface area contributed by atoms with Gasteiger partial charge in [0.25, 0.3) is 0 Å². The van der Waals surface area contributed by atoms with Crippen LogP contribution in [0.2, 0.25) is 0 Å². The number of amides is 1. The molecular weight excluding hydrogens is 267 g/mol. The lowest BCUT2D eigenvalue weighted by molar-refractivity contribution is -0.130. The lowest BCUT2D eigenvalue weighted by Crippen LogP contribution is -2.38. The SMILES string of the molecule is C[C@@H](Nc1ccccc1)C(=O)N(C)Cc1ccc(F)cc1. The van der Waals surface area contributed by atoms with Crippen LogP contribution < -0.4 is 5.32 Å². The second-order valence-corrected chi connectivity index (χ2v) is 5.05. The van der Waals surface area contributed by atoms with E-state index in [1.54, 1.807) is 24.1 Å². The minimum absolute atomic E-state index is 0.0109. The minimum atomic E-state index is -0.321. The van der Waals surface area contributed by atoms with Gasteiger partial charge in [0.05, 0.1) is 0 Å². The maximum Gasteiger partial charge on any atom is 0.244 e. The standard InChI is InChI=1S/C17H19FN2O/c1-13(19-16-6-4-3-5-7-16)17(21)20(2)12-14-8-10-15(18)11-9-14/h3-11,13,19H,12H2,1-2H3/t13-/m1/s1. The first-order valence-electron chi connectivity index (χ1n) is 6.87. The third kappa shape index (κ3) is 4.31. The van der Waals surface area contributed by atoms with Crippen molar-refractivity contribution in [1.29, 1.82) is 0 Å². The largest absolute Gasteiger partial charge is 0.374 e. The Balaban J connectivity index is 1.93. The van der Waals surface area contributed by atoms with Gasteiger partial charge in [0.15, 0.2) is 0 Å². The second kappa shape index (κ2) is 6.88. The van der Waals surface area contributed by atoms with Crippen LogP contribution >= 0.6 is 0 Å². The Labute approximate surface area is 124 Å². The van der Waals surface area contributed by atoms with Crippen LogP contribution in [0.25, 0.3) is 0 Å². The van der Waals surface area contributed by atoms with E-state index in [-0.39, 0.29) is 17.8 Å².